The molecule has 1 aromatic heterocycles. The molecule has 0 spiro atoms. The third-order valence-electron chi connectivity index (χ3n) is 2.33. The molecule has 0 aromatic carbocycles. The van der Waals surface area contributed by atoms with Crippen LogP contribution in [0, 0.1) is 11.3 Å². The second-order valence-electron chi connectivity index (χ2n) is 3.79. The van der Waals surface area contributed by atoms with Crippen molar-refractivity contribution in [2.45, 2.75) is 6.42 Å². The number of carbonyl (C=O) groups excluding carboxylic acids is 1. The summed E-state index contributed by atoms with van der Waals surface area (Å²) in [5.74, 6) is 0.611. The van der Waals surface area contributed by atoms with Crippen molar-refractivity contribution in [2.24, 2.45) is 0 Å². The third-order valence-corrected chi connectivity index (χ3v) is 2.33. The number of hydrogen-bond donors (Lipinski definition) is 1. The molecule has 114 valence electrons. The number of halogens is 1. The lowest BCUT2D eigenvalue weighted by Gasteiger charge is -2.09. The zero-order chi connectivity index (χ0) is 15.5. The molecule has 21 heavy (non-hydrogen) atoms. The van der Waals surface area contributed by atoms with E-state index in [4.69, 9.17) is 19.5 Å². The van der Waals surface area contributed by atoms with E-state index in [0.717, 1.165) is 0 Å². The number of amides is 1. The van der Waals surface area contributed by atoms with Crippen molar-refractivity contribution < 1.29 is 23.4 Å². The zero-order valence-corrected chi connectivity index (χ0v) is 11.6. The van der Waals surface area contributed by atoms with Gasteiger partial charge in [-0.25, -0.2) is 9.78 Å². The van der Waals surface area contributed by atoms with E-state index in [1.165, 1.54) is 19.4 Å². The molecule has 1 rings (SSSR count). The van der Waals surface area contributed by atoms with Crippen LogP contribution in [0.1, 0.15) is 12.0 Å². The van der Waals surface area contributed by atoms with Gasteiger partial charge in [0.2, 0.25) is 5.88 Å². The first-order valence-corrected chi connectivity index (χ1v) is 6.24. The lowest BCUT2D eigenvalue weighted by atomic mass is 10.3. The van der Waals surface area contributed by atoms with Crippen LogP contribution in [0.5, 0.6) is 11.6 Å². The van der Waals surface area contributed by atoms with Crippen molar-refractivity contribution in [2.75, 3.05) is 33.5 Å². The minimum absolute atomic E-state index is 0.0193. The number of methoxy groups -OCH3 is 1. The lowest BCUT2D eigenvalue weighted by molar-refractivity contribution is 0.123. The highest BCUT2D eigenvalue weighted by atomic mass is 19.1. The second kappa shape index (κ2) is 9.36. The fourth-order valence-electron chi connectivity index (χ4n) is 1.34. The second-order valence-corrected chi connectivity index (χ2v) is 3.79. The summed E-state index contributed by atoms with van der Waals surface area (Å²) in [6.07, 6.45) is 0.955. The molecule has 0 unspecified atom stereocenters. The van der Waals surface area contributed by atoms with E-state index in [9.17, 15) is 9.18 Å². The van der Waals surface area contributed by atoms with Crippen LogP contribution in [-0.2, 0) is 4.74 Å². The van der Waals surface area contributed by atoms with Crippen LogP contribution in [-0.4, -0.2) is 44.6 Å². The van der Waals surface area contributed by atoms with Gasteiger partial charge in [0, 0.05) is 12.6 Å². The van der Waals surface area contributed by atoms with Gasteiger partial charge in [-0.15, -0.1) is 0 Å². The van der Waals surface area contributed by atoms with Gasteiger partial charge in [0.25, 0.3) is 0 Å². The van der Waals surface area contributed by atoms with Gasteiger partial charge in [-0.2, -0.15) is 5.26 Å². The molecule has 0 saturated carbocycles. The van der Waals surface area contributed by atoms with Gasteiger partial charge in [0.1, 0.15) is 30.6 Å². The van der Waals surface area contributed by atoms with Gasteiger partial charge < -0.3 is 19.5 Å². The molecule has 0 saturated heterocycles. The van der Waals surface area contributed by atoms with E-state index in [-0.39, 0.29) is 32.1 Å². The molecule has 0 aliphatic heterocycles. The summed E-state index contributed by atoms with van der Waals surface area (Å²) in [5, 5.41) is 11.2. The average molecular weight is 297 g/mol. The van der Waals surface area contributed by atoms with Gasteiger partial charge >= 0.3 is 6.09 Å². The summed E-state index contributed by atoms with van der Waals surface area (Å²) in [5.41, 5.74) is 0.299. The molecule has 0 aliphatic carbocycles. The monoisotopic (exact) mass is 297 g/mol. The number of carbonyl (C=O) groups is 1. The van der Waals surface area contributed by atoms with E-state index >= 15 is 0 Å². The Bertz CT molecular complexity index is 505. The molecule has 0 bridgehead atoms. The number of alkyl halides is 1. The number of rotatable bonds is 8. The van der Waals surface area contributed by atoms with Crippen molar-refractivity contribution in [1.29, 1.82) is 5.26 Å². The Morgan fingerprint density at radius 2 is 2.33 bits per heavy atom. The van der Waals surface area contributed by atoms with Crippen molar-refractivity contribution in [3.63, 3.8) is 0 Å². The molecular formula is C13H16FN3O4. The molecule has 1 N–H and O–H groups in total. The van der Waals surface area contributed by atoms with Gasteiger partial charge in [0.05, 0.1) is 20.0 Å². The Morgan fingerprint density at radius 3 is 3.00 bits per heavy atom. The van der Waals surface area contributed by atoms with Crippen LogP contribution in [0.2, 0.25) is 0 Å². The quantitative estimate of drug-likeness (QED) is 0.729. The van der Waals surface area contributed by atoms with Crippen LogP contribution in [0.3, 0.4) is 0 Å². The fraction of sp³-hybridized carbons (Fsp3) is 0.462. The predicted molar refractivity (Wildman–Crippen MR) is 70.9 cm³/mol. The summed E-state index contributed by atoms with van der Waals surface area (Å²) < 4.78 is 26.9. The molecule has 8 heteroatoms. The Balaban J connectivity index is 2.30. The van der Waals surface area contributed by atoms with E-state index in [1.54, 1.807) is 0 Å². The highest BCUT2D eigenvalue weighted by Gasteiger charge is 2.06. The SMILES string of the molecule is COc1cc(OCCOC(=O)NCCCF)ncc1C#N. The fourth-order valence-corrected chi connectivity index (χ4v) is 1.34. The third kappa shape index (κ3) is 5.95. The number of ether oxygens (including phenoxy) is 3. The average Bonchev–Trinajstić information content (AvgIpc) is 2.51. The topological polar surface area (TPSA) is 93.5 Å². The van der Waals surface area contributed by atoms with E-state index in [2.05, 4.69) is 10.3 Å². The summed E-state index contributed by atoms with van der Waals surface area (Å²) in [4.78, 5) is 15.0. The zero-order valence-electron chi connectivity index (χ0n) is 11.6. The molecule has 0 radical (unpaired) electrons. The number of nitrogens with zero attached hydrogens (tertiary/aromatic N) is 2. The molecule has 7 nitrogen and oxygen atoms in total. The van der Waals surface area contributed by atoms with Crippen molar-refractivity contribution >= 4 is 6.09 Å². The summed E-state index contributed by atoms with van der Waals surface area (Å²) >= 11 is 0. The van der Waals surface area contributed by atoms with E-state index in [0.29, 0.717) is 11.3 Å². The molecule has 0 atom stereocenters. The number of alkyl carbamates (subject to hydrolysis) is 1. The minimum atomic E-state index is -0.627. The van der Waals surface area contributed by atoms with Crippen LogP contribution in [0.25, 0.3) is 0 Å². The first-order chi connectivity index (χ1) is 10.2. The Labute approximate surface area is 121 Å². The Hall–Kier alpha value is -2.56. The van der Waals surface area contributed by atoms with Gasteiger partial charge in [0.15, 0.2) is 0 Å². The predicted octanol–water partition coefficient (Wildman–Crippen LogP) is 1.43. The summed E-state index contributed by atoms with van der Waals surface area (Å²) in [7, 11) is 1.44. The van der Waals surface area contributed by atoms with Crippen molar-refractivity contribution in [3.05, 3.63) is 17.8 Å². The molecular weight excluding hydrogens is 281 g/mol. The molecule has 1 aromatic rings. The minimum Gasteiger partial charge on any atom is -0.495 e. The smallest absolute Gasteiger partial charge is 0.407 e. The molecule has 0 aliphatic rings. The van der Waals surface area contributed by atoms with Crippen LogP contribution in [0.4, 0.5) is 9.18 Å². The maximum absolute atomic E-state index is 11.8. The Kier molecular flexibility index (Phi) is 7.35. The highest BCUT2D eigenvalue weighted by molar-refractivity contribution is 5.66. The molecule has 0 fully saturated rings. The van der Waals surface area contributed by atoms with Crippen LogP contribution >= 0.6 is 0 Å². The van der Waals surface area contributed by atoms with Gasteiger partial charge in [-0.05, 0) is 6.42 Å². The van der Waals surface area contributed by atoms with Crippen LogP contribution in [0.15, 0.2) is 12.3 Å². The highest BCUT2D eigenvalue weighted by Crippen LogP contribution is 2.21. The normalized spacial score (nSPS) is 9.57. The standard InChI is InChI=1S/C13H16FN3O4/c1-19-11-7-12(17-9-10(11)8-15)20-5-6-21-13(18)16-4-2-3-14/h7,9H,2-6H2,1H3,(H,16,18). The molecule has 1 heterocycles. The largest absolute Gasteiger partial charge is 0.495 e. The lowest BCUT2D eigenvalue weighted by Crippen LogP contribution is -2.27. The summed E-state index contributed by atoms with van der Waals surface area (Å²) in [6, 6.07) is 3.40. The van der Waals surface area contributed by atoms with Gasteiger partial charge in [-0.3, -0.25) is 4.39 Å². The number of nitriles is 1. The van der Waals surface area contributed by atoms with Gasteiger partial charge in [-0.1, -0.05) is 0 Å². The van der Waals surface area contributed by atoms with Crippen molar-refractivity contribution in [1.82, 2.24) is 10.3 Å². The number of aromatic nitrogens is 1. The number of hydrogen-bond acceptors (Lipinski definition) is 6. The number of pyridine rings is 1. The summed E-state index contributed by atoms with van der Waals surface area (Å²) in [6.45, 7) is -0.149. The van der Waals surface area contributed by atoms with Crippen molar-refractivity contribution in [3.8, 4) is 17.7 Å². The molecule has 1 amide bonds. The number of nitrogens with one attached hydrogen (secondary N) is 1. The van der Waals surface area contributed by atoms with E-state index in [1.807, 2.05) is 6.07 Å². The first-order valence-electron chi connectivity index (χ1n) is 6.24. The van der Waals surface area contributed by atoms with Crippen LogP contribution < -0.4 is 14.8 Å². The van der Waals surface area contributed by atoms with E-state index < -0.39 is 12.8 Å². The maximum Gasteiger partial charge on any atom is 0.407 e. The maximum atomic E-state index is 11.8. The first kappa shape index (κ1) is 16.5. The Morgan fingerprint density at radius 1 is 1.52 bits per heavy atom.